The molecule has 0 unspecified atom stereocenters. The van der Waals surface area contributed by atoms with Crippen LogP contribution in [0, 0.1) is 41.5 Å². The molecule has 0 radical (unpaired) electrons. The highest BCUT2D eigenvalue weighted by Gasteiger charge is 2.19. The normalized spacial score (nSPS) is 10.3. The maximum Gasteiger partial charge on any atom is 0.543 e. The highest BCUT2D eigenvalue weighted by Crippen LogP contribution is 2.18. The maximum absolute atomic E-state index is 12.1. The van der Waals surface area contributed by atoms with Gasteiger partial charge in [-0.15, -0.1) is 0 Å². The molecule has 37 heavy (non-hydrogen) atoms. The zero-order chi connectivity index (χ0) is 27.5. The predicted molar refractivity (Wildman–Crippen MR) is 124 cm³/mol. The van der Waals surface area contributed by atoms with E-state index in [1.807, 2.05) is 13.8 Å². The van der Waals surface area contributed by atoms with Crippen LogP contribution in [0.15, 0.2) is 24.3 Å². The van der Waals surface area contributed by atoms with Crippen LogP contribution in [0.1, 0.15) is 60.5 Å². The van der Waals surface area contributed by atoms with Crippen LogP contribution in [0.3, 0.4) is 0 Å². The first-order valence-corrected chi connectivity index (χ1v) is 11.1. The van der Waals surface area contributed by atoms with Gasteiger partial charge in [0.25, 0.3) is 0 Å². The largest absolute Gasteiger partial charge is 0.543 e. The van der Waals surface area contributed by atoms with Crippen molar-refractivity contribution in [1.29, 1.82) is 0 Å². The zero-order valence-corrected chi connectivity index (χ0v) is 21.3. The fourth-order valence-corrected chi connectivity index (χ4v) is 3.66. The molecule has 2 aromatic rings. The van der Waals surface area contributed by atoms with Crippen LogP contribution < -0.4 is 0 Å². The number of hydrogen-bond acceptors (Lipinski definition) is 12. The number of ether oxygens (including phenoxy) is 2. The Kier molecular flexibility index (Phi) is 10.8. The van der Waals surface area contributed by atoms with Crippen LogP contribution in [0.4, 0.5) is 9.59 Å². The summed E-state index contributed by atoms with van der Waals surface area (Å²) in [6.07, 6.45) is -2.53. The third-order valence-corrected chi connectivity index (χ3v) is 4.91. The molecule has 0 amide bonds. The summed E-state index contributed by atoms with van der Waals surface area (Å²) in [5, 5.41) is 8.35. The van der Waals surface area contributed by atoms with E-state index in [4.69, 9.17) is 0 Å². The molecule has 0 aromatic heterocycles. The molecule has 0 saturated heterocycles. The van der Waals surface area contributed by atoms with Crippen molar-refractivity contribution in [2.45, 2.75) is 48.0 Å². The van der Waals surface area contributed by atoms with Gasteiger partial charge in [-0.3, -0.25) is 9.78 Å². The van der Waals surface area contributed by atoms with E-state index in [-0.39, 0.29) is 30.8 Å². The average molecular weight is 520 g/mol. The number of carbonyl (C=O) groups excluding carboxylic acids is 4. The Morgan fingerprint density at radius 1 is 0.541 bits per heavy atom. The molecule has 0 aliphatic rings. The van der Waals surface area contributed by atoms with Crippen LogP contribution in [0.2, 0.25) is 0 Å². The van der Waals surface area contributed by atoms with E-state index in [0.717, 1.165) is 11.1 Å². The summed E-state index contributed by atoms with van der Waals surface area (Å²) in [5.74, 6) is -1.68. The monoisotopic (exact) mass is 520 g/mol. The maximum atomic E-state index is 12.1. The van der Waals surface area contributed by atoms with Crippen molar-refractivity contribution >= 4 is 24.2 Å². The molecule has 12 nitrogen and oxygen atoms in total. The molecule has 0 saturated carbocycles. The summed E-state index contributed by atoms with van der Waals surface area (Å²) >= 11 is 0. The standard InChI is InChI=1S/C25H28O12/c1-14-10-16(3)20(17(4)11-14)22(26)32-36-34-24(28)30-8-7-9-31-25(29)35-37-33-23(27)21-18(5)12-15(2)13-19(21)6/h10-13H,7-9H2,1-6H3. The summed E-state index contributed by atoms with van der Waals surface area (Å²) in [5.41, 5.74) is 5.21. The van der Waals surface area contributed by atoms with E-state index in [1.165, 1.54) is 0 Å². The fourth-order valence-electron chi connectivity index (χ4n) is 3.66. The van der Waals surface area contributed by atoms with E-state index in [0.29, 0.717) is 22.3 Å². The van der Waals surface area contributed by atoms with Gasteiger partial charge in [0.15, 0.2) is 0 Å². The Labute approximate surface area is 213 Å². The highest BCUT2D eigenvalue weighted by molar-refractivity contribution is 5.93. The Hall–Kier alpha value is -4.16. The first kappa shape index (κ1) is 29.1. The molecule has 0 aliphatic heterocycles. The zero-order valence-electron chi connectivity index (χ0n) is 21.3. The van der Waals surface area contributed by atoms with Crippen LogP contribution in [-0.4, -0.2) is 37.5 Å². The Balaban J connectivity index is 1.57. The molecule has 12 heteroatoms. The predicted octanol–water partition coefficient (Wildman–Crippen LogP) is 4.94. The minimum atomic E-state index is -1.29. The van der Waals surface area contributed by atoms with Crippen LogP contribution >= 0.6 is 0 Å². The quantitative estimate of drug-likeness (QED) is 0.181. The summed E-state index contributed by atoms with van der Waals surface area (Å²) in [4.78, 5) is 64.4. The van der Waals surface area contributed by atoms with Gasteiger partial charge in [-0.2, -0.15) is 0 Å². The lowest BCUT2D eigenvalue weighted by Crippen LogP contribution is -2.16. The highest BCUT2D eigenvalue weighted by atomic mass is 17.5. The molecule has 0 heterocycles. The van der Waals surface area contributed by atoms with Crippen LogP contribution in [0.5, 0.6) is 0 Å². The number of rotatable bonds is 10. The third kappa shape index (κ3) is 9.09. The number of aryl methyl sites for hydroxylation is 6. The molecule has 2 aromatic carbocycles. The topological polar surface area (TPSA) is 142 Å². The van der Waals surface area contributed by atoms with E-state index >= 15 is 0 Å². The van der Waals surface area contributed by atoms with Gasteiger partial charge in [0.2, 0.25) is 0 Å². The van der Waals surface area contributed by atoms with Gasteiger partial charge >= 0.3 is 24.2 Å². The lowest BCUT2D eigenvalue weighted by Gasteiger charge is -2.09. The Bertz CT molecular complexity index is 1020. The molecule has 0 fully saturated rings. The Morgan fingerprint density at radius 2 is 0.865 bits per heavy atom. The summed E-state index contributed by atoms with van der Waals surface area (Å²) in [7, 11) is 0. The minimum absolute atomic E-state index is 0.0489. The van der Waals surface area contributed by atoms with Gasteiger partial charge in [0.05, 0.1) is 34.4 Å². The van der Waals surface area contributed by atoms with Crippen molar-refractivity contribution in [3.63, 3.8) is 0 Å². The van der Waals surface area contributed by atoms with Crippen molar-refractivity contribution in [2.24, 2.45) is 0 Å². The fraction of sp³-hybridized carbons (Fsp3) is 0.360. The van der Waals surface area contributed by atoms with Gasteiger partial charge < -0.3 is 9.47 Å². The van der Waals surface area contributed by atoms with Crippen molar-refractivity contribution in [1.82, 2.24) is 0 Å². The summed E-state index contributed by atoms with van der Waals surface area (Å²) in [6, 6.07) is 7.18. The first-order chi connectivity index (χ1) is 17.5. The molecular weight excluding hydrogens is 492 g/mol. The summed E-state index contributed by atoms with van der Waals surface area (Å²) in [6.45, 7) is 10.2. The molecule has 0 N–H and O–H groups in total. The Morgan fingerprint density at radius 3 is 1.19 bits per heavy atom. The second kappa shape index (κ2) is 13.8. The van der Waals surface area contributed by atoms with Crippen LogP contribution in [-0.2, 0) is 39.1 Å². The van der Waals surface area contributed by atoms with Crippen molar-refractivity contribution in [3.05, 3.63) is 68.8 Å². The van der Waals surface area contributed by atoms with Gasteiger partial charge in [0.1, 0.15) is 0 Å². The van der Waals surface area contributed by atoms with E-state index in [9.17, 15) is 19.2 Å². The lowest BCUT2D eigenvalue weighted by atomic mass is 10.0. The molecule has 0 bridgehead atoms. The van der Waals surface area contributed by atoms with Crippen molar-refractivity contribution < 1.29 is 58.3 Å². The van der Waals surface area contributed by atoms with Gasteiger partial charge in [-0.05, 0) is 63.8 Å². The van der Waals surface area contributed by atoms with Crippen LogP contribution in [0.25, 0.3) is 0 Å². The average Bonchev–Trinajstić information content (AvgIpc) is 2.77. The van der Waals surface area contributed by atoms with Gasteiger partial charge in [-0.25, -0.2) is 29.0 Å². The SMILES string of the molecule is Cc1cc(C)c(C(=O)OOOC(=O)OCCCOC(=O)OOOC(=O)c2c(C)cc(C)cc2C)c(C)c1. The number of hydrogen-bond donors (Lipinski definition) is 0. The molecule has 0 atom stereocenters. The van der Waals surface area contributed by atoms with Gasteiger partial charge in [0, 0.05) is 6.42 Å². The number of benzene rings is 2. The molecule has 0 spiro atoms. The molecule has 2 rings (SSSR count). The van der Waals surface area contributed by atoms with E-state index < -0.39 is 24.2 Å². The van der Waals surface area contributed by atoms with E-state index in [1.54, 1.807) is 52.0 Å². The number of carbonyl (C=O) groups is 4. The van der Waals surface area contributed by atoms with Crippen molar-refractivity contribution in [2.75, 3.05) is 13.2 Å². The lowest BCUT2D eigenvalue weighted by molar-refractivity contribution is -0.452. The second-order valence-electron chi connectivity index (χ2n) is 8.14. The third-order valence-electron chi connectivity index (χ3n) is 4.91. The first-order valence-electron chi connectivity index (χ1n) is 11.1. The second-order valence-corrected chi connectivity index (χ2v) is 8.14. The molecule has 200 valence electrons. The molecular formula is C25H28O12. The van der Waals surface area contributed by atoms with Gasteiger partial charge in [-0.1, -0.05) is 35.4 Å². The molecule has 0 aliphatic carbocycles. The van der Waals surface area contributed by atoms with E-state index in [2.05, 4.69) is 39.1 Å². The summed E-state index contributed by atoms with van der Waals surface area (Å²) < 4.78 is 9.31. The minimum Gasteiger partial charge on any atom is -0.432 e. The van der Waals surface area contributed by atoms with Crippen molar-refractivity contribution in [3.8, 4) is 0 Å². The smallest absolute Gasteiger partial charge is 0.432 e.